The van der Waals surface area contributed by atoms with Crippen molar-refractivity contribution in [3.63, 3.8) is 0 Å². The number of carbonyl (C=O) groups is 1. The molecule has 0 saturated carbocycles. The number of aryl methyl sites for hydroxylation is 1. The molecule has 1 aromatic carbocycles. The molecular weight excluding hydrogens is 383 g/mol. The van der Waals surface area contributed by atoms with E-state index in [-0.39, 0.29) is 24.2 Å². The molecule has 2 heterocycles. The SMILES string of the molecule is CCN(CC)C(CNC(=O)Cc1c(C)nn(-c2ccc(F)cc2)c1C)c1ccco1. The number of benzene rings is 1. The van der Waals surface area contributed by atoms with Crippen LogP contribution in [0, 0.1) is 19.7 Å². The summed E-state index contributed by atoms with van der Waals surface area (Å²) in [5, 5.41) is 7.60. The van der Waals surface area contributed by atoms with Gasteiger partial charge in [0.2, 0.25) is 5.91 Å². The smallest absolute Gasteiger partial charge is 0.224 e. The summed E-state index contributed by atoms with van der Waals surface area (Å²) in [4.78, 5) is 15.0. The Hall–Kier alpha value is -2.93. The first-order valence-corrected chi connectivity index (χ1v) is 10.3. The second-order valence-corrected chi connectivity index (χ2v) is 7.27. The maximum Gasteiger partial charge on any atom is 0.224 e. The van der Waals surface area contributed by atoms with E-state index in [0.717, 1.165) is 41.5 Å². The molecule has 1 atom stereocenters. The maximum absolute atomic E-state index is 13.2. The van der Waals surface area contributed by atoms with E-state index in [1.54, 1.807) is 23.1 Å². The van der Waals surface area contributed by atoms with Crippen LogP contribution in [0.5, 0.6) is 0 Å². The number of nitrogens with zero attached hydrogens (tertiary/aromatic N) is 3. The number of likely N-dealkylation sites (N-methyl/N-ethyl adjacent to an activating group) is 1. The minimum atomic E-state index is -0.292. The van der Waals surface area contributed by atoms with Gasteiger partial charge >= 0.3 is 0 Å². The zero-order valence-corrected chi connectivity index (χ0v) is 18.0. The molecule has 0 saturated heterocycles. The molecule has 0 bridgehead atoms. The van der Waals surface area contributed by atoms with Gasteiger partial charge in [0.05, 0.1) is 30.1 Å². The van der Waals surface area contributed by atoms with Crippen molar-refractivity contribution >= 4 is 5.91 Å². The molecule has 3 aromatic rings. The van der Waals surface area contributed by atoms with Crippen LogP contribution in [-0.2, 0) is 11.2 Å². The van der Waals surface area contributed by atoms with Crippen LogP contribution in [0.3, 0.4) is 0 Å². The van der Waals surface area contributed by atoms with Gasteiger partial charge in [-0.3, -0.25) is 9.69 Å². The van der Waals surface area contributed by atoms with Crippen molar-refractivity contribution in [1.29, 1.82) is 0 Å². The van der Waals surface area contributed by atoms with Gasteiger partial charge in [0.25, 0.3) is 0 Å². The van der Waals surface area contributed by atoms with Gasteiger partial charge in [-0.15, -0.1) is 0 Å². The molecule has 3 rings (SSSR count). The highest BCUT2D eigenvalue weighted by Gasteiger charge is 2.22. The minimum absolute atomic E-state index is 0.0110. The van der Waals surface area contributed by atoms with E-state index in [2.05, 4.69) is 29.2 Å². The molecule has 1 N–H and O–H groups in total. The number of hydrogen-bond donors (Lipinski definition) is 1. The quantitative estimate of drug-likeness (QED) is 0.578. The monoisotopic (exact) mass is 412 g/mol. The Labute approximate surface area is 176 Å². The molecule has 1 unspecified atom stereocenters. The Morgan fingerprint density at radius 2 is 1.90 bits per heavy atom. The highest BCUT2D eigenvalue weighted by molar-refractivity contribution is 5.79. The number of nitrogens with one attached hydrogen (secondary N) is 1. The average molecular weight is 413 g/mol. The minimum Gasteiger partial charge on any atom is -0.468 e. The van der Waals surface area contributed by atoms with Crippen molar-refractivity contribution in [3.05, 3.63) is 71.2 Å². The third-order valence-electron chi connectivity index (χ3n) is 5.47. The third-order valence-corrected chi connectivity index (χ3v) is 5.47. The second-order valence-electron chi connectivity index (χ2n) is 7.27. The number of halogens is 1. The van der Waals surface area contributed by atoms with Crippen LogP contribution in [0.2, 0.25) is 0 Å². The van der Waals surface area contributed by atoms with Crippen LogP contribution in [0.25, 0.3) is 5.69 Å². The highest BCUT2D eigenvalue weighted by atomic mass is 19.1. The van der Waals surface area contributed by atoms with Gasteiger partial charge in [-0.2, -0.15) is 5.10 Å². The Morgan fingerprint density at radius 1 is 1.20 bits per heavy atom. The number of carbonyl (C=O) groups excluding carboxylic acids is 1. The van der Waals surface area contributed by atoms with Crippen LogP contribution in [0.4, 0.5) is 4.39 Å². The van der Waals surface area contributed by atoms with Gasteiger partial charge in [0, 0.05) is 17.8 Å². The highest BCUT2D eigenvalue weighted by Crippen LogP contribution is 2.21. The van der Waals surface area contributed by atoms with Crippen LogP contribution >= 0.6 is 0 Å². The summed E-state index contributed by atoms with van der Waals surface area (Å²) in [7, 11) is 0. The zero-order chi connectivity index (χ0) is 21.7. The van der Waals surface area contributed by atoms with Gasteiger partial charge in [-0.1, -0.05) is 13.8 Å². The molecule has 160 valence electrons. The molecule has 2 aromatic heterocycles. The van der Waals surface area contributed by atoms with E-state index < -0.39 is 0 Å². The van der Waals surface area contributed by atoms with Crippen LogP contribution in [-0.4, -0.2) is 40.2 Å². The van der Waals surface area contributed by atoms with E-state index in [4.69, 9.17) is 4.42 Å². The lowest BCUT2D eigenvalue weighted by Gasteiger charge is -2.28. The van der Waals surface area contributed by atoms with Crippen molar-refractivity contribution in [2.75, 3.05) is 19.6 Å². The number of amides is 1. The summed E-state index contributed by atoms with van der Waals surface area (Å²) in [6.07, 6.45) is 1.90. The second kappa shape index (κ2) is 9.71. The van der Waals surface area contributed by atoms with E-state index in [9.17, 15) is 9.18 Å². The van der Waals surface area contributed by atoms with E-state index >= 15 is 0 Å². The summed E-state index contributed by atoms with van der Waals surface area (Å²) in [6, 6.07) is 9.96. The molecule has 0 fully saturated rings. The van der Waals surface area contributed by atoms with Crippen molar-refractivity contribution in [3.8, 4) is 5.69 Å². The van der Waals surface area contributed by atoms with E-state index in [1.807, 2.05) is 26.0 Å². The standard InChI is InChI=1S/C23H29FN4O2/c1-5-27(6-2)21(22-8-7-13-30-22)15-25-23(29)14-20-16(3)26-28(17(20)4)19-11-9-18(24)10-12-19/h7-13,21H,5-6,14-15H2,1-4H3,(H,25,29). The zero-order valence-electron chi connectivity index (χ0n) is 18.0. The van der Waals surface area contributed by atoms with Crippen LogP contribution in [0.1, 0.15) is 42.6 Å². The van der Waals surface area contributed by atoms with Gasteiger partial charge in [0.15, 0.2) is 0 Å². The van der Waals surface area contributed by atoms with Crippen LogP contribution in [0.15, 0.2) is 47.1 Å². The fourth-order valence-corrected chi connectivity index (χ4v) is 3.75. The Bertz CT molecular complexity index is 960. The van der Waals surface area contributed by atoms with Crippen molar-refractivity contribution in [2.45, 2.75) is 40.2 Å². The molecule has 6 nitrogen and oxygen atoms in total. The molecule has 0 radical (unpaired) electrons. The Balaban J connectivity index is 1.70. The van der Waals surface area contributed by atoms with Gasteiger partial charge in [0.1, 0.15) is 11.6 Å². The first-order chi connectivity index (χ1) is 14.4. The van der Waals surface area contributed by atoms with Gasteiger partial charge < -0.3 is 9.73 Å². The fraction of sp³-hybridized carbons (Fsp3) is 0.391. The first-order valence-electron chi connectivity index (χ1n) is 10.3. The summed E-state index contributed by atoms with van der Waals surface area (Å²) in [5.74, 6) is 0.484. The normalized spacial score (nSPS) is 12.3. The molecule has 0 aliphatic carbocycles. The maximum atomic E-state index is 13.2. The molecule has 1 amide bonds. The van der Waals surface area contributed by atoms with Crippen molar-refractivity contribution in [1.82, 2.24) is 20.0 Å². The Morgan fingerprint density at radius 3 is 2.50 bits per heavy atom. The lowest BCUT2D eigenvalue weighted by Crippen LogP contribution is -2.38. The molecule has 0 spiro atoms. The average Bonchev–Trinajstić information content (AvgIpc) is 3.36. The predicted octanol–water partition coefficient (Wildman–Crippen LogP) is 3.96. The molecule has 0 aliphatic rings. The van der Waals surface area contributed by atoms with Crippen molar-refractivity contribution in [2.24, 2.45) is 0 Å². The molecular formula is C23H29FN4O2. The summed E-state index contributed by atoms with van der Waals surface area (Å²) in [6.45, 7) is 10.2. The topological polar surface area (TPSA) is 63.3 Å². The number of furan rings is 1. The summed E-state index contributed by atoms with van der Waals surface area (Å²) < 4.78 is 20.6. The number of rotatable bonds is 9. The fourth-order valence-electron chi connectivity index (χ4n) is 3.75. The third kappa shape index (κ3) is 4.79. The van der Waals surface area contributed by atoms with Gasteiger partial charge in [-0.05, 0) is 63.3 Å². The van der Waals surface area contributed by atoms with Gasteiger partial charge in [-0.25, -0.2) is 9.07 Å². The molecule has 7 heteroatoms. The first kappa shape index (κ1) is 21.8. The number of hydrogen-bond acceptors (Lipinski definition) is 4. The lowest BCUT2D eigenvalue weighted by atomic mass is 10.1. The summed E-state index contributed by atoms with van der Waals surface area (Å²) in [5.41, 5.74) is 3.32. The summed E-state index contributed by atoms with van der Waals surface area (Å²) >= 11 is 0. The lowest BCUT2D eigenvalue weighted by molar-refractivity contribution is -0.120. The van der Waals surface area contributed by atoms with E-state index in [1.165, 1.54) is 12.1 Å². The Kier molecular flexibility index (Phi) is 7.05. The predicted molar refractivity (Wildman–Crippen MR) is 114 cm³/mol. The van der Waals surface area contributed by atoms with E-state index in [0.29, 0.717) is 6.54 Å². The number of aromatic nitrogens is 2. The molecule has 30 heavy (non-hydrogen) atoms. The largest absolute Gasteiger partial charge is 0.468 e. The molecule has 0 aliphatic heterocycles. The van der Waals surface area contributed by atoms with Crippen molar-refractivity contribution < 1.29 is 13.6 Å². The van der Waals surface area contributed by atoms with Crippen LogP contribution < -0.4 is 5.32 Å².